The summed E-state index contributed by atoms with van der Waals surface area (Å²) in [6.07, 6.45) is -0.978. The van der Waals surface area contributed by atoms with Crippen LogP contribution in [0.15, 0.2) is 59.5 Å². The smallest absolute Gasteiger partial charge is 0.407 e. The fourth-order valence-electron chi connectivity index (χ4n) is 2.19. The predicted molar refractivity (Wildman–Crippen MR) is 97.5 cm³/mol. The number of alkyl carbamates (subject to hydrolysis) is 1. The van der Waals surface area contributed by atoms with Gasteiger partial charge >= 0.3 is 12.1 Å². The van der Waals surface area contributed by atoms with E-state index in [-0.39, 0.29) is 11.5 Å². The fraction of sp³-hybridized carbons (Fsp3) is 0.222. The summed E-state index contributed by atoms with van der Waals surface area (Å²) in [6.45, 7) is 0.849. The lowest BCUT2D eigenvalue weighted by Crippen LogP contribution is -2.61. The Morgan fingerprint density at radius 2 is 1.70 bits per heavy atom. The van der Waals surface area contributed by atoms with Crippen molar-refractivity contribution in [3.8, 4) is 0 Å². The summed E-state index contributed by atoms with van der Waals surface area (Å²) in [7, 11) is -4.47. The minimum atomic E-state index is -4.47. The quantitative estimate of drug-likeness (QED) is 0.648. The molecular formula is C18H20N2O6S. The lowest BCUT2D eigenvalue weighted by molar-refractivity contribution is -0.139. The van der Waals surface area contributed by atoms with Crippen LogP contribution in [0.5, 0.6) is 0 Å². The van der Waals surface area contributed by atoms with Crippen LogP contribution in [0, 0.1) is 6.92 Å². The summed E-state index contributed by atoms with van der Waals surface area (Å²) in [5, 5.41) is 11.5. The van der Waals surface area contributed by atoms with E-state index in [1.165, 1.54) is 24.3 Å². The van der Waals surface area contributed by atoms with Gasteiger partial charge in [0.1, 0.15) is 6.61 Å². The normalized spacial score (nSPS) is 13.4. The van der Waals surface area contributed by atoms with Crippen molar-refractivity contribution in [3.63, 3.8) is 0 Å². The number of carbonyl (C=O) groups excluding carboxylic acids is 1. The van der Waals surface area contributed by atoms with Gasteiger partial charge in [-0.25, -0.2) is 18.0 Å². The highest BCUT2D eigenvalue weighted by Gasteiger charge is 2.49. The summed E-state index contributed by atoms with van der Waals surface area (Å²) < 4.78 is 30.3. The largest absolute Gasteiger partial charge is 0.479 e. The van der Waals surface area contributed by atoms with E-state index >= 15 is 0 Å². The summed E-state index contributed by atoms with van der Waals surface area (Å²) in [4.78, 5) is 20.4. The number of nitrogens with one attached hydrogen (secondary N) is 1. The van der Waals surface area contributed by atoms with E-state index in [1.54, 1.807) is 37.3 Å². The highest BCUT2D eigenvalue weighted by Crippen LogP contribution is 2.22. The number of hydrogen-bond acceptors (Lipinski definition) is 6. The molecule has 0 radical (unpaired) electrons. The molecule has 0 aliphatic carbocycles. The molecule has 2 aromatic rings. The Hall–Kier alpha value is -2.91. The minimum Gasteiger partial charge on any atom is -0.479 e. The summed E-state index contributed by atoms with van der Waals surface area (Å²) in [5.74, 6) is -1.79. The Morgan fingerprint density at radius 3 is 2.26 bits per heavy atom. The van der Waals surface area contributed by atoms with Crippen molar-refractivity contribution in [3.05, 3.63) is 65.7 Å². The average molecular weight is 392 g/mol. The zero-order chi connectivity index (χ0) is 20.1. The number of carboxylic acid groups (broad SMARTS) is 1. The standard InChI is InChI=1S/C18H20N2O6S/c1-13-7-9-15(10-8-13)27(24,25)18(19,16(21)22)12-20-17(23)26-11-14-5-3-2-4-6-14/h2-10H,11-12,19H2,1H3,(H,20,23)(H,21,22). The van der Waals surface area contributed by atoms with Crippen LogP contribution in [0.1, 0.15) is 11.1 Å². The number of nitrogens with two attached hydrogens (primary N) is 1. The SMILES string of the molecule is Cc1ccc(S(=O)(=O)C(N)(CNC(=O)OCc2ccccc2)C(=O)O)cc1. The van der Waals surface area contributed by atoms with Crippen LogP contribution in [0.25, 0.3) is 0 Å². The summed E-state index contributed by atoms with van der Waals surface area (Å²) >= 11 is 0. The number of carbonyl (C=O) groups is 2. The van der Waals surface area contributed by atoms with Gasteiger partial charge in [-0.15, -0.1) is 0 Å². The lowest BCUT2D eigenvalue weighted by Gasteiger charge is -2.25. The Bertz CT molecular complexity index is 913. The molecule has 0 bridgehead atoms. The molecule has 0 aliphatic rings. The number of aliphatic carboxylic acids is 1. The maximum atomic E-state index is 12.7. The summed E-state index contributed by atoms with van der Waals surface area (Å²) in [6, 6.07) is 14.4. The number of amides is 1. The molecule has 27 heavy (non-hydrogen) atoms. The maximum Gasteiger partial charge on any atom is 0.407 e. The molecule has 0 aliphatic heterocycles. The predicted octanol–water partition coefficient (Wildman–Crippen LogP) is 1.43. The van der Waals surface area contributed by atoms with Crippen LogP contribution in [0.3, 0.4) is 0 Å². The zero-order valence-corrected chi connectivity index (χ0v) is 15.4. The zero-order valence-electron chi connectivity index (χ0n) is 14.6. The van der Waals surface area contributed by atoms with Gasteiger partial charge in [-0.3, -0.25) is 0 Å². The van der Waals surface area contributed by atoms with Crippen molar-refractivity contribution >= 4 is 21.9 Å². The number of rotatable bonds is 7. The number of carboxylic acids is 1. The first-order valence-electron chi connectivity index (χ1n) is 7.95. The van der Waals surface area contributed by atoms with E-state index in [0.717, 1.165) is 11.1 Å². The highest BCUT2D eigenvalue weighted by molar-refractivity contribution is 7.93. The van der Waals surface area contributed by atoms with Gasteiger partial charge in [0.05, 0.1) is 11.4 Å². The van der Waals surface area contributed by atoms with Crippen LogP contribution < -0.4 is 11.1 Å². The molecule has 0 spiro atoms. The first-order chi connectivity index (χ1) is 12.7. The number of benzene rings is 2. The molecule has 1 unspecified atom stereocenters. The van der Waals surface area contributed by atoms with E-state index in [9.17, 15) is 23.1 Å². The van der Waals surface area contributed by atoms with Crippen molar-refractivity contribution in [2.24, 2.45) is 5.73 Å². The third kappa shape index (κ3) is 4.63. The topological polar surface area (TPSA) is 136 Å². The molecule has 0 heterocycles. The first kappa shape index (κ1) is 20.4. The van der Waals surface area contributed by atoms with Gasteiger partial charge < -0.3 is 20.9 Å². The van der Waals surface area contributed by atoms with Crippen molar-refractivity contribution in [1.29, 1.82) is 0 Å². The second kappa shape index (κ2) is 8.19. The van der Waals surface area contributed by atoms with Gasteiger partial charge in [-0.2, -0.15) is 0 Å². The van der Waals surface area contributed by atoms with Crippen molar-refractivity contribution in [2.75, 3.05) is 6.54 Å². The van der Waals surface area contributed by atoms with Gasteiger partial charge in [0.2, 0.25) is 14.7 Å². The lowest BCUT2D eigenvalue weighted by atomic mass is 10.2. The molecule has 144 valence electrons. The average Bonchev–Trinajstić information content (AvgIpc) is 2.65. The number of hydrogen-bond donors (Lipinski definition) is 3. The van der Waals surface area contributed by atoms with Crippen LogP contribution in [0.2, 0.25) is 0 Å². The third-order valence-corrected chi connectivity index (χ3v) is 6.05. The minimum absolute atomic E-state index is 0.0535. The van der Waals surface area contributed by atoms with Gasteiger partial charge in [0.25, 0.3) is 0 Å². The Kier molecular flexibility index (Phi) is 6.19. The van der Waals surface area contributed by atoms with Crippen molar-refractivity contribution in [2.45, 2.75) is 23.3 Å². The molecule has 0 fully saturated rings. The fourth-order valence-corrected chi connectivity index (χ4v) is 3.60. The monoisotopic (exact) mass is 392 g/mol. The first-order valence-corrected chi connectivity index (χ1v) is 9.43. The van der Waals surface area contributed by atoms with Crippen molar-refractivity contribution < 1.29 is 27.9 Å². The molecule has 9 heteroatoms. The molecular weight excluding hydrogens is 372 g/mol. The Morgan fingerprint density at radius 1 is 1.11 bits per heavy atom. The van der Waals surface area contributed by atoms with E-state index in [2.05, 4.69) is 5.32 Å². The molecule has 8 nitrogen and oxygen atoms in total. The van der Waals surface area contributed by atoms with Gasteiger partial charge in [-0.1, -0.05) is 48.0 Å². The van der Waals surface area contributed by atoms with Gasteiger partial charge in [0, 0.05) is 0 Å². The number of sulfone groups is 1. The van der Waals surface area contributed by atoms with Crippen LogP contribution in [-0.4, -0.2) is 37.0 Å². The van der Waals surface area contributed by atoms with E-state index in [0.29, 0.717) is 0 Å². The molecule has 4 N–H and O–H groups in total. The van der Waals surface area contributed by atoms with Crippen LogP contribution >= 0.6 is 0 Å². The second-order valence-corrected chi connectivity index (χ2v) is 8.13. The molecule has 1 atom stereocenters. The highest BCUT2D eigenvalue weighted by atomic mass is 32.2. The van der Waals surface area contributed by atoms with E-state index in [4.69, 9.17) is 10.5 Å². The van der Waals surface area contributed by atoms with E-state index < -0.39 is 33.3 Å². The van der Waals surface area contributed by atoms with E-state index in [1.807, 2.05) is 0 Å². The Labute approximate surface area is 156 Å². The van der Waals surface area contributed by atoms with Crippen LogP contribution in [-0.2, 0) is 26.0 Å². The molecule has 0 saturated heterocycles. The van der Waals surface area contributed by atoms with Gasteiger partial charge in [0.15, 0.2) is 0 Å². The molecule has 1 amide bonds. The number of ether oxygens (including phenoxy) is 1. The molecule has 2 aromatic carbocycles. The number of aryl methyl sites for hydroxylation is 1. The molecule has 0 aromatic heterocycles. The maximum absolute atomic E-state index is 12.7. The summed E-state index contributed by atoms with van der Waals surface area (Å²) in [5.41, 5.74) is 7.21. The third-order valence-electron chi connectivity index (χ3n) is 3.88. The molecule has 2 rings (SSSR count). The Balaban J connectivity index is 2.10. The van der Waals surface area contributed by atoms with Crippen molar-refractivity contribution in [1.82, 2.24) is 5.32 Å². The second-order valence-electron chi connectivity index (χ2n) is 5.93. The molecule has 0 saturated carbocycles. The van der Waals surface area contributed by atoms with Gasteiger partial charge in [-0.05, 0) is 24.6 Å². The van der Waals surface area contributed by atoms with Crippen LogP contribution in [0.4, 0.5) is 4.79 Å².